The zero-order valence-corrected chi connectivity index (χ0v) is 10.8. The van der Waals surface area contributed by atoms with E-state index in [1.165, 1.54) is 0 Å². The molecule has 1 amide bonds. The molecule has 0 unspecified atom stereocenters. The number of rotatable bonds is 8. The number of carbonyl (C=O) groups excluding carboxylic acids is 1. The molecule has 0 fully saturated rings. The van der Waals surface area contributed by atoms with Crippen LogP contribution in [0.2, 0.25) is 0 Å². The van der Waals surface area contributed by atoms with E-state index < -0.39 is 0 Å². The monoisotopic (exact) mass is 214 g/mol. The molecule has 0 bridgehead atoms. The van der Waals surface area contributed by atoms with Crippen LogP contribution in [0.15, 0.2) is 0 Å². The van der Waals surface area contributed by atoms with E-state index in [4.69, 9.17) is 0 Å². The van der Waals surface area contributed by atoms with Gasteiger partial charge in [0.25, 0.3) is 0 Å². The van der Waals surface area contributed by atoms with E-state index in [0.29, 0.717) is 6.54 Å². The van der Waals surface area contributed by atoms with E-state index in [1.807, 2.05) is 18.7 Å². The third kappa shape index (κ3) is 5.78. The highest BCUT2D eigenvalue weighted by atomic mass is 16.2. The fourth-order valence-corrected chi connectivity index (χ4v) is 1.77. The van der Waals surface area contributed by atoms with Crippen molar-refractivity contribution >= 4 is 5.91 Å². The Hall–Kier alpha value is -0.570. The third-order valence-corrected chi connectivity index (χ3v) is 2.55. The van der Waals surface area contributed by atoms with Gasteiger partial charge >= 0.3 is 0 Å². The molecule has 0 aliphatic rings. The van der Waals surface area contributed by atoms with Crippen LogP contribution in [0.1, 0.15) is 40.5 Å². The maximum absolute atomic E-state index is 11.8. The van der Waals surface area contributed by atoms with Gasteiger partial charge in [0, 0.05) is 13.1 Å². The molecule has 90 valence electrons. The standard InChI is InChI=1S/C12H26N2O/c1-5-9-13(10-6-2)11-12(15)14(7-3)8-4/h5-11H2,1-4H3. The van der Waals surface area contributed by atoms with Gasteiger partial charge in [-0.05, 0) is 39.8 Å². The van der Waals surface area contributed by atoms with Gasteiger partial charge in [-0.3, -0.25) is 9.69 Å². The van der Waals surface area contributed by atoms with Gasteiger partial charge in [0.1, 0.15) is 0 Å². The quantitative estimate of drug-likeness (QED) is 0.617. The zero-order valence-electron chi connectivity index (χ0n) is 10.8. The number of nitrogens with zero attached hydrogens (tertiary/aromatic N) is 2. The summed E-state index contributed by atoms with van der Waals surface area (Å²) < 4.78 is 0. The van der Waals surface area contributed by atoms with E-state index in [2.05, 4.69) is 18.7 Å². The van der Waals surface area contributed by atoms with Crippen LogP contribution in [-0.2, 0) is 4.79 Å². The van der Waals surface area contributed by atoms with E-state index in [0.717, 1.165) is 39.0 Å². The second kappa shape index (κ2) is 8.72. The van der Waals surface area contributed by atoms with Crippen LogP contribution in [0.25, 0.3) is 0 Å². The van der Waals surface area contributed by atoms with Crippen molar-refractivity contribution in [2.45, 2.75) is 40.5 Å². The maximum atomic E-state index is 11.8. The molecule has 0 aromatic rings. The second-order valence-corrected chi connectivity index (χ2v) is 3.84. The van der Waals surface area contributed by atoms with Crippen molar-refractivity contribution < 1.29 is 4.79 Å². The van der Waals surface area contributed by atoms with Gasteiger partial charge in [0.2, 0.25) is 5.91 Å². The molecule has 3 nitrogen and oxygen atoms in total. The minimum atomic E-state index is 0.266. The Kier molecular flexibility index (Phi) is 8.38. The van der Waals surface area contributed by atoms with Crippen LogP contribution in [0, 0.1) is 0 Å². The highest BCUT2D eigenvalue weighted by molar-refractivity contribution is 5.78. The molecule has 0 rings (SSSR count). The Morgan fingerprint density at radius 3 is 1.73 bits per heavy atom. The summed E-state index contributed by atoms with van der Waals surface area (Å²) in [6.07, 6.45) is 2.23. The molecule has 0 N–H and O–H groups in total. The van der Waals surface area contributed by atoms with E-state index in [1.54, 1.807) is 0 Å². The summed E-state index contributed by atoms with van der Waals surface area (Å²) in [7, 11) is 0. The van der Waals surface area contributed by atoms with Crippen LogP contribution in [-0.4, -0.2) is 48.4 Å². The molecule has 3 heteroatoms. The Bertz CT molecular complexity index is 161. The van der Waals surface area contributed by atoms with Gasteiger partial charge < -0.3 is 4.90 Å². The first-order chi connectivity index (χ1) is 7.19. The molecular formula is C12H26N2O. The average molecular weight is 214 g/mol. The molecule has 15 heavy (non-hydrogen) atoms. The average Bonchev–Trinajstić information content (AvgIpc) is 2.20. The van der Waals surface area contributed by atoms with Crippen LogP contribution in [0.5, 0.6) is 0 Å². The van der Waals surface area contributed by atoms with E-state index >= 15 is 0 Å². The van der Waals surface area contributed by atoms with Gasteiger partial charge in [0.05, 0.1) is 6.54 Å². The van der Waals surface area contributed by atoms with Crippen molar-refractivity contribution in [2.24, 2.45) is 0 Å². The van der Waals surface area contributed by atoms with Gasteiger partial charge in [0.15, 0.2) is 0 Å². The predicted molar refractivity (Wildman–Crippen MR) is 65.0 cm³/mol. The summed E-state index contributed by atoms with van der Waals surface area (Å²) in [5, 5.41) is 0. The lowest BCUT2D eigenvalue weighted by Crippen LogP contribution is -2.40. The molecule has 0 aromatic carbocycles. The maximum Gasteiger partial charge on any atom is 0.236 e. The molecule has 0 aromatic heterocycles. The van der Waals surface area contributed by atoms with Crippen LogP contribution >= 0.6 is 0 Å². The molecule has 0 heterocycles. The number of hydrogen-bond acceptors (Lipinski definition) is 2. The van der Waals surface area contributed by atoms with E-state index in [-0.39, 0.29) is 5.91 Å². The highest BCUT2D eigenvalue weighted by Gasteiger charge is 2.13. The first-order valence-electron chi connectivity index (χ1n) is 6.19. The first kappa shape index (κ1) is 14.4. The molecule has 0 radical (unpaired) electrons. The van der Waals surface area contributed by atoms with Crippen molar-refractivity contribution in [3.63, 3.8) is 0 Å². The summed E-state index contributed by atoms with van der Waals surface area (Å²) in [6.45, 7) is 12.7. The summed E-state index contributed by atoms with van der Waals surface area (Å²) >= 11 is 0. The molecular weight excluding hydrogens is 188 g/mol. The highest BCUT2D eigenvalue weighted by Crippen LogP contribution is 1.97. The summed E-state index contributed by atoms with van der Waals surface area (Å²) in [4.78, 5) is 16.0. The summed E-state index contributed by atoms with van der Waals surface area (Å²) in [5.41, 5.74) is 0. The number of carbonyl (C=O) groups is 1. The molecule has 0 saturated carbocycles. The van der Waals surface area contributed by atoms with Gasteiger partial charge in [-0.1, -0.05) is 13.8 Å². The predicted octanol–water partition coefficient (Wildman–Crippen LogP) is 1.98. The molecule has 0 spiro atoms. The van der Waals surface area contributed by atoms with Crippen LogP contribution in [0.3, 0.4) is 0 Å². The second-order valence-electron chi connectivity index (χ2n) is 3.84. The number of likely N-dealkylation sites (N-methyl/N-ethyl adjacent to an activating group) is 1. The lowest BCUT2D eigenvalue weighted by molar-refractivity contribution is -0.132. The minimum absolute atomic E-state index is 0.266. The van der Waals surface area contributed by atoms with Gasteiger partial charge in [-0.2, -0.15) is 0 Å². The normalized spacial score (nSPS) is 10.7. The van der Waals surface area contributed by atoms with Crippen molar-refractivity contribution in [3.05, 3.63) is 0 Å². The van der Waals surface area contributed by atoms with E-state index in [9.17, 15) is 4.79 Å². The third-order valence-electron chi connectivity index (χ3n) is 2.55. The molecule has 0 aliphatic carbocycles. The smallest absolute Gasteiger partial charge is 0.236 e. The molecule has 0 atom stereocenters. The summed E-state index contributed by atoms with van der Waals surface area (Å²) in [5.74, 6) is 0.266. The topological polar surface area (TPSA) is 23.6 Å². The fourth-order valence-electron chi connectivity index (χ4n) is 1.77. The minimum Gasteiger partial charge on any atom is -0.342 e. The molecule has 0 aliphatic heterocycles. The SMILES string of the molecule is CCCN(CCC)CC(=O)N(CC)CC. The van der Waals surface area contributed by atoms with Crippen LogP contribution in [0.4, 0.5) is 0 Å². The number of amides is 1. The van der Waals surface area contributed by atoms with Crippen LogP contribution < -0.4 is 0 Å². The fraction of sp³-hybridized carbons (Fsp3) is 0.917. The lowest BCUT2D eigenvalue weighted by atomic mass is 10.3. The Balaban J connectivity index is 4.07. The van der Waals surface area contributed by atoms with Crippen molar-refractivity contribution in [2.75, 3.05) is 32.7 Å². The van der Waals surface area contributed by atoms with Gasteiger partial charge in [-0.25, -0.2) is 0 Å². The Labute approximate surface area is 94.4 Å². The zero-order chi connectivity index (χ0) is 11.7. The summed E-state index contributed by atoms with van der Waals surface area (Å²) in [6, 6.07) is 0. The lowest BCUT2D eigenvalue weighted by Gasteiger charge is -2.25. The Morgan fingerprint density at radius 2 is 1.40 bits per heavy atom. The Morgan fingerprint density at radius 1 is 0.933 bits per heavy atom. The first-order valence-corrected chi connectivity index (χ1v) is 6.19. The molecule has 0 saturated heterocycles. The largest absolute Gasteiger partial charge is 0.342 e. The number of hydrogen-bond donors (Lipinski definition) is 0. The van der Waals surface area contributed by atoms with Crippen molar-refractivity contribution in [3.8, 4) is 0 Å². The van der Waals surface area contributed by atoms with Gasteiger partial charge in [-0.15, -0.1) is 0 Å². The van der Waals surface area contributed by atoms with Crippen molar-refractivity contribution in [1.82, 2.24) is 9.80 Å². The van der Waals surface area contributed by atoms with Crippen molar-refractivity contribution in [1.29, 1.82) is 0 Å².